The average molecular weight is 362 g/mol. The minimum atomic E-state index is -0.164. The van der Waals surface area contributed by atoms with Crippen LogP contribution in [0.5, 0.6) is 11.5 Å². The molecule has 2 rings (SSSR count). The van der Waals surface area contributed by atoms with Crippen LogP contribution in [0, 0.1) is 0 Å². The van der Waals surface area contributed by atoms with Gasteiger partial charge in [-0.25, -0.2) is 0 Å². The second kappa shape index (κ2) is 9.12. The number of allylic oxidation sites excluding steroid dienone is 1. The number of nitrogens with one attached hydrogen (secondary N) is 1. The van der Waals surface area contributed by atoms with Crippen LogP contribution >= 0.6 is 11.8 Å². The highest BCUT2D eigenvalue weighted by atomic mass is 32.2. The third kappa shape index (κ3) is 4.76. The number of carbonyl (C=O) groups is 1. The first-order valence-corrected chi connectivity index (χ1v) is 8.79. The van der Waals surface area contributed by atoms with Gasteiger partial charge in [-0.2, -0.15) is 0 Å². The number of amides is 1. The van der Waals surface area contributed by atoms with Crippen LogP contribution in [-0.2, 0) is 17.8 Å². The quantitative estimate of drug-likeness (QED) is 0.546. The number of carbonyl (C=O) groups excluding carboxylic acids is 1. The van der Waals surface area contributed by atoms with Gasteiger partial charge in [-0.15, -0.1) is 16.8 Å². The lowest BCUT2D eigenvalue weighted by molar-refractivity contribution is -0.113. The molecule has 0 aliphatic heterocycles. The first-order valence-electron chi connectivity index (χ1n) is 7.80. The van der Waals surface area contributed by atoms with E-state index in [0.717, 1.165) is 12.2 Å². The summed E-state index contributed by atoms with van der Waals surface area (Å²) in [5.74, 6) is 2.13. The van der Waals surface area contributed by atoms with E-state index in [1.807, 2.05) is 11.5 Å². The van der Waals surface area contributed by atoms with Gasteiger partial charge in [0.25, 0.3) is 0 Å². The molecule has 0 saturated carbocycles. The molecule has 25 heavy (non-hydrogen) atoms. The van der Waals surface area contributed by atoms with Crippen LogP contribution in [0.25, 0.3) is 0 Å². The van der Waals surface area contributed by atoms with Gasteiger partial charge in [0.2, 0.25) is 5.91 Å². The number of ether oxygens (including phenoxy) is 2. The molecule has 8 heteroatoms. The second-order valence-electron chi connectivity index (χ2n) is 5.05. The van der Waals surface area contributed by atoms with Crippen molar-refractivity contribution in [3.05, 3.63) is 36.7 Å². The number of nitrogens with zero attached hydrogens (tertiary/aromatic N) is 3. The van der Waals surface area contributed by atoms with Crippen molar-refractivity contribution in [3.63, 3.8) is 0 Å². The van der Waals surface area contributed by atoms with Crippen LogP contribution in [0.3, 0.4) is 0 Å². The molecule has 0 atom stereocenters. The molecular weight excluding hydrogens is 340 g/mol. The predicted octanol–water partition coefficient (Wildman–Crippen LogP) is 2.77. The summed E-state index contributed by atoms with van der Waals surface area (Å²) >= 11 is 1.33. The molecule has 1 aromatic heterocycles. The van der Waals surface area contributed by atoms with Crippen LogP contribution in [0.1, 0.15) is 12.7 Å². The van der Waals surface area contributed by atoms with Gasteiger partial charge in [0.1, 0.15) is 17.3 Å². The molecule has 7 nitrogen and oxygen atoms in total. The van der Waals surface area contributed by atoms with E-state index >= 15 is 0 Å². The molecule has 0 bridgehead atoms. The number of aromatic nitrogens is 3. The van der Waals surface area contributed by atoms with Crippen molar-refractivity contribution in [1.29, 1.82) is 0 Å². The van der Waals surface area contributed by atoms with Gasteiger partial charge in [-0.05, 0) is 12.1 Å². The van der Waals surface area contributed by atoms with E-state index in [2.05, 4.69) is 22.1 Å². The summed E-state index contributed by atoms with van der Waals surface area (Å²) in [6.07, 6.45) is 2.56. The molecule has 0 aliphatic carbocycles. The number of anilines is 1. The zero-order valence-electron chi connectivity index (χ0n) is 14.6. The molecule has 0 unspecified atom stereocenters. The molecule has 0 radical (unpaired) electrons. The third-order valence-corrected chi connectivity index (χ3v) is 4.40. The highest BCUT2D eigenvalue weighted by molar-refractivity contribution is 7.99. The molecule has 1 heterocycles. The molecule has 2 aromatic rings. The summed E-state index contributed by atoms with van der Waals surface area (Å²) in [5.41, 5.74) is 0.564. The lowest BCUT2D eigenvalue weighted by Crippen LogP contribution is -2.15. The van der Waals surface area contributed by atoms with Gasteiger partial charge in [-0.1, -0.05) is 24.8 Å². The molecule has 1 N–H and O–H groups in total. The maximum absolute atomic E-state index is 12.3. The Bertz CT molecular complexity index is 745. The van der Waals surface area contributed by atoms with E-state index in [4.69, 9.17) is 9.47 Å². The van der Waals surface area contributed by atoms with Crippen LogP contribution < -0.4 is 14.8 Å². The maximum Gasteiger partial charge on any atom is 0.234 e. The Morgan fingerprint density at radius 3 is 2.80 bits per heavy atom. The Morgan fingerprint density at radius 1 is 1.36 bits per heavy atom. The minimum absolute atomic E-state index is 0.164. The first kappa shape index (κ1) is 18.9. The molecule has 0 aliphatic rings. The van der Waals surface area contributed by atoms with Crippen molar-refractivity contribution >= 4 is 23.4 Å². The first-order chi connectivity index (χ1) is 12.1. The number of hydrogen-bond donors (Lipinski definition) is 1. The smallest absolute Gasteiger partial charge is 0.234 e. The molecule has 0 spiro atoms. The summed E-state index contributed by atoms with van der Waals surface area (Å²) in [6, 6.07) is 5.24. The topological polar surface area (TPSA) is 78.3 Å². The van der Waals surface area contributed by atoms with Crippen molar-refractivity contribution in [1.82, 2.24) is 14.8 Å². The summed E-state index contributed by atoms with van der Waals surface area (Å²) in [6.45, 7) is 6.38. The van der Waals surface area contributed by atoms with E-state index in [-0.39, 0.29) is 11.7 Å². The second-order valence-corrected chi connectivity index (χ2v) is 6.00. The summed E-state index contributed by atoms with van der Waals surface area (Å²) in [4.78, 5) is 12.3. The van der Waals surface area contributed by atoms with Gasteiger partial charge in [0.15, 0.2) is 5.16 Å². The van der Waals surface area contributed by atoms with Crippen molar-refractivity contribution in [3.8, 4) is 11.5 Å². The Hall–Kier alpha value is -2.48. The number of thioether (sulfide) groups is 1. The zero-order valence-corrected chi connectivity index (χ0v) is 15.4. The van der Waals surface area contributed by atoms with Crippen LogP contribution in [0.15, 0.2) is 36.0 Å². The molecule has 0 fully saturated rings. The SMILES string of the molecule is C=CCn1c(CC)nnc1SCC(=O)Nc1cc(OC)ccc1OC. The van der Waals surface area contributed by atoms with Crippen molar-refractivity contribution < 1.29 is 14.3 Å². The fraction of sp³-hybridized carbons (Fsp3) is 0.353. The Morgan fingerprint density at radius 2 is 2.16 bits per heavy atom. The molecular formula is C17H22N4O3S. The summed E-state index contributed by atoms with van der Waals surface area (Å²) < 4.78 is 12.4. The van der Waals surface area contributed by atoms with Gasteiger partial charge < -0.3 is 19.4 Å². The fourth-order valence-corrected chi connectivity index (χ4v) is 2.99. The normalized spacial score (nSPS) is 10.4. The average Bonchev–Trinajstić information content (AvgIpc) is 3.02. The highest BCUT2D eigenvalue weighted by Crippen LogP contribution is 2.29. The van der Waals surface area contributed by atoms with E-state index in [0.29, 0.717) is 28.9 Å². The van der Waals surface area contributed by atoms with Crippen molar-refractivity contribution in [2.45, 2.75) is 25.0 Å². The van der Waals surface area contributed by atoms with Crippen molar-refractivity contribution in [2.24, 2.45) is 0 Å². The fourth-order valence-electron chi connectivity index (χ4n) is 2.23. The van der Waals surface area contributed by atoms with Gasteiger partial charge in [0, 0.05) is 19.0 Å². The third-order valence-electron chi connectivity index (χ3n) is 3.43. The standard InChI is InChI=1S/C17H22N4O3S/c1-5-9-21-15(6-2)19-20-17(21)25-11-16(22)18-13-10-12(23-3)7-8-14(13)24-4/h5,7-8,10H,1,6,9,11H2,2-4H3,(H,18,22). The summed E-state index contributed by atoms with van der Waals surface area (Å²) in [7, 11) is 3.12. The van der Waals surface area contributed by atoms with Gasteiger partial charge >= 0.3 is 0 Å². The van der Waals surface area contributed by atoms with Crippen LogP contribution in [-0.4, -0.2) is 40.6 Å². The van der Waals surface area contributed by atoms with Gasteiger partial charge in [-0.3, -0.25) is 4.79 Å². The highest BCUT2D eigenvalue weighted by Gasteiger charge is 2.14. The van der Waals surface area contributed by atoms with E-state index < -0.39 is 0 Å². The molecule has 1 amide bonds. The van der Waals surface area contributed by atoms with Crippen LogP contribution in [0.4, 0.5) is 5.69 Å². The Balaban J connectivity index is 2.04. The number of aryl methyl sites for hydroxylation is 1. The number of methoxy groups -OCH3 is 2. The van der Waals surface area contributed by atoms with Crippen LogP contribution in [0.2, 0.25) is 0 Å². The number of rotatable bonds is 9. The number of hydrogen-bond acceptors (Lipinski definition) is 6. The summed E-state index contributed by atoms with van der Waals surface area (Å²) in [5, 5.41) is 11.8. The van der Waals surface area contributed by atoms with Gasteiger partial charge in [0.05, 0.1) is 25.7 Å². The Labute approximate surface area is 151 Å². The van der Waals surface area contributed by atoms with E-state index in [1.165, 1.54) is 11.8 Å². The predicted molar refractivity (Wildman–Crippen MR) is 98.5 cm³/mol. The lowest BCUT2D eigenvalue weighted by atomic mass is 10.2. The van der Waals surface area contributed by atoms with Crippen molar-refractivity contribution in [2.75, 3.05) is 25.3 Å². The maximum atomic E-state index is 12.3. The monoisotopic (exact) mass is 362 g/mol. The molecule has 0 saturated heterocycles. The largest absolute Gasteiger partial charge is 0.497 e. The van der Waals surface area contributed by atoms with E-state index in [1.54, 1.807) is 38.5 Å². The minimum Gasteiger partial charge on any atom is -0.497 e. The lowest BCUT2D eigenvalue weighted by Gasteiger charge is -2.11. The van der Waals surface area contributed by atoms with E-state index in [9.17, 15) is 4.79 Å². The molecule has 1 aromatic carbocycles. The molecule has 134 valence electrons. The Kier molecular flexibility index (Phi) is 6.88. The number of benzene rings is 1. The zero-order chi connectivity index (χ0) is 18.2.